The highest BCUT2D eigenvalue weighted by Gasteiger charge is 2.47. The third-order valence-corrected chi connectivity index (χ3v) is 8.42. The fourth-order valence-corrected chi connectivity index (χ4v) is 6.03. The van der Waals surface area contributed by atoms with Crippen molar-refractivity contribution in [3.63, 3.8) is 0 Å². The number of carboxylic acid groups (broad SMARTS) is 1. The summed E-state index contributed by atoms with van der Waals surface area (Å²) in [7, 11) is 1.72. The number of aromatic nitrogens is 2. The molecule has 4 atom stereocenters. The van der Waals surface area contributed by atoms with E-state index >= 15 is 0 Å². The highest BCUT2D eigenvalue weighted by Crippen LogP contribution is 2.32. The fourth-order valence-electron chi connectivity index (χ4n) is 6.03. The molecule has 1 aliphatic carbocycles. The minimum Gasteiger partial charge on any atom is -0.494 e. The van der Waals surface area contributed by atoms with Gasteiger partial charge in [0, 0.05) is 12.0 Å². The van der Waals surface area contributed by atoms with Gasteiger partial charge in [-0.05, 0) is 51.8 Å². The molecule has 1 aliphatic heterocycles. The average Bonchev–Trinajstić information content (AvgIpc) is 3.65. The molecule has 1 saturated heterocycles. The van der Waals surface area contributed by atoms with Crippen LogP contribution >= 0.6 is 0 Å². The molecule has 1 saturated carbocycles. The quantitative estimate of drug-likeness (QED) is 0.168. The van der Waals surface area contributed by atoms with Crippen LogP contribution in [0, 0.1) is 11.8 Å². The largest absolute Gasteiger partial charge is 0.494 e. The molecular weight excluding hydrogens is 562 g/mol. The van der Waals surface area contributed by atoms with Gasteiger partial charge in [-0.15, -0.1) is 13.2 Å². The first-order valence-corrected chi connectivity index (χ1v) is 15.7. The number of benzene rings is 1. The van der Waals surface area contributed by atoms with Crippen LogP contribution in [0.4, 0.5) is 0 Å². The van der Waals surface area contributed by atoms with Gasteiger partial charge in [0.15, 0.2) is 0 Å². The summed E-state index contributed by atoms with van der Waals surface area (Å²) in [4.78, 5) is 45.1. The lowest BCUT2D eigenvalue weighted by Gasteiger charge is -2.26. The lowest BCUT2D eigenvalue weighted by atomic mass is 9.99. The molecule has 2 aliphatic rings. The minimum atomic E-state index is -0.740. The van der Waals surface area contributed by atoms with Crippen molar-refractivity contribution in [3.05, 3.63) is 37.1 Å². The van der Waals surface area contributed by atoms with E-state index in [0.29, 0.717) is 18.0 Å². The summed E-state index contributed by atoms with van der Waals surface area (Å²) in [5.74, 6) is 1.10. The van der Waals surface area contributed by atoms with E-state index in [-0.39, 0.29) is 24.8 Å². The number of carbonyl (C=O) groups excluding carboxylic acids is 2. The molecular formula is C33H51N5O6. The van der Waals surface area contributed by atoms with Gasteiger partial charge in [0.05, 0.1) is 30.2 Å². The Labute approximate surface area is 261 Å². The van der Waals surface area contributed by atoms with E-state index in [9.17, 15) is 9.59 Å². The van der Waals surface area contributed by atoms with E-state index < -0.39 is 24.1 Å². The molecule has 0 radical (unpaired) electrons. The van der Waals surface area contributed by atoms with Gasteiger partial charge in [0.2, 0.25) is 17.7 Å². The van der Waals surface area contributed by atoms with Crippen molar-refractivity contribution in [2.45, 2.75) is 96.7 Å². The molecule has 0 spiro atoms. The first-order chi connectivity index (χ1) is 21.2. The van der Waals surface area contributed by atoms with Crippen LogP contribution in [0.5, 0.6) is 11.6 Å². The van der Waals surface area contributed by atoms with Crippen LogP contribution in [0.25, 0.3) is 11.0 Å². The minimum absolute atomic E-state index is 0.173. The van der Waals surface area contributed by atoms with Gasteiger partial charge in [-0.2, -0.15) is 0 Å². The molecule has 44 heavy (non-hydrogen) atoms. The summed E-state index contributed by atoms with van der Waals surface area (Å²) < 4.78 is 12.2. The van der Waals surface area contributed by atoms with E-state index in [1.165, 1.54) is 38.5 Å². The number of carbonyl (C=O) groups is 3. The Morgan fingerprint density at radius 1 is 1.18 bits per heavy atom. The Hall–Kier alpha value is -3.73. The maximum atomic E-state index is 13.0. The second-order valence-corrected chi connectivity index (χ2v) is 11.3. The number of unbranched alkanes of at least 4 members (excludes halogenated alkanes) is 2. The van der Waals surface area contributed by atoms with Crippen LogP contribution in [-0.2, 0) is 20.8 Å². The first kappa shape index (κ1) is 36.5. The molecule has 1 aromatic heterocycles. The molecule has 2 aromatic rings. The maximum Gasteiger partial charge on any atom is 0.290 e. The highest BCUT2D eigenvalue weighted by atomic mass is 16.5. The number of fused-ring (bicyclic) bond motifs is 1. The van der Waals surface area contributed by atoms with E-state index in [1.807, 2.05) is 32.0 Å². The Balaban J connectivity index is 0.00000127. The number of likely N-dealkylation sites (N-methyl/N-ethyl adjacent to an activating group) is 1. The van der Waals surface area contributed by atoms with Crippen LogP contribution < -0.4 is 20.5 Å². The Bertz CT molecular complexity index is 1200. The van der Waals surface area contributed by atoms with Crippen molar-refractivity contribution in [3.8, 4) is 11.6 Å². The van der Waals surface area contributed by atoms with Crippen LogP contribution in [0.3, 0.4) is 0 Å². The summed E-state index contributed by atoms with van der Waals surface area (Å²) in [5, 5.41) is 9.85. The molecule has 0 unspecified atom stereocenters. The molecule has 2 fully saturated rings. The van der Waals surface area contributed by atoms with E-state index in [2.05, 4.69) is 18.5 Å². The number of hydrogen-bond donors (Lipinski definition) is 3. The summed E-state index contributed by atoms with van der Waals surface area (Å²) in [5.41, 5.74) is 8.04. The molecule has 2 heterocycles. The lowest BCUT2D eigenvalue weighted by molar-refractivity contribution is -0.139. The van der Waals surface area contributed by atoms with Gasteiger partial charge in [-0.1, -0.05) is 51.9 Å². The van der Waals surface area contributed by atoms with Gasteiger partial charge < -0.3 is 30.5 Å². The standard InChI is InChI=1S/C30H45N5O4.C2H4.CH2O2/c1-5-38-22-15-16-23-25(17-22)34-29(24(33-23)14-8-6-7-11-21-12-9-10-13-21)39-26-18-35(30(37)20(3)32-4)27(19(26)2)28(31)36;1-2;2-1-3/h15-17,19-21,26-27,32H,5-14,18H2,1-4H3,(H2,31,36);1-2H2;1H,(H,2,3)/t19-,20+,26+,27+;;/m1../s1. The van der Waals surface area contributed by atoms with Gasteiger partial charge in [0.1, 0.15) is 23.6 Å². The Morgan fingerprint density at radius 3 is 2.48 bits per heavy atom. The van der Waals surface area contributed by atoms with Gasteiger partial charge in [-0.3, -0.25) is 14.4 Å². The summed E-state index contributed by atoms with van der Waals surface area (Å²) >= 11 is 0. The molecule has 2 amide bonds. The number of hydrogen-bond acceptors (Lipinski definition) is 8. The topological polar surface area (TPSA) is 157 Å². The predicted molar refractivity (Wildman–Crippen MR) is 172 cm³/mol. The molecule has 244 valence electrons. The zero-order chi connectivity index (χ0) is 32.6. The highest BCUT2D eigenvalue weighted by molar-refractivity contribution is 5.90. The Morgan fingerprint density at radius 2 is 1.86 bits per heavy atom. The number of ether oxygens (including phenoxy) is 2. The number of amides is 2. The van der Waals surface area contributed by atoms with Gasteiger partial charge in [0.25, 0.3) is 6.47 Å². The number of rotatable bonds is 13. The second-order valence-electron chi connectivity index (χ2n) is 11.3. The van der Waals surface area contributed by atoms with Crippen LogP contribution in [0.1, 0.15) is 77.8 Å². The number of nitrogens with two attached hydrogens (primary N) is 1. The SMILES string of the molecule is C=C.CCOc1ccc2nc(CCCCCC3CCCC3)c(O[C@H]3CN(C(=O)[C@H](C)NC)[C@H](C(N)=O)[C@@H]3C)nc2c1.O=CO. The number of nitrogens with one attached hydrogen (secondary N) is 1. The lowest BCUT2D eigenvalue weighted by Crippen LogP contribution is -2.51. The van der Waals surface area contributed by atoms with Crippen molar-refractivity contribution in [2.24, 2.45) is 17.6 Å². The molecule has 4 rings (SSSR count). The maximum absolute atomic E-state index is 13.0. The van der Waals surface area contributed by atoms with Gasteiger partial charge in [-0.25, -0.2) is 9.97 Å². The molecule has 1 aromatic carbocycles. The van der Waals surface area contributed by atoms with Crippen molar-refractivity contribution < 1.29 is 29.0 Å². The number of aryl methyl sites for hydroxylation is 1. The van der Waals surface area contributed by atoms with E-state index in [0.717, 1.165) is 42.1 Å². The number of likely N-dealkylation sites (tertiary alicyclic amines) is 1. The molecule has 4 N–H and O–H groups in total. The molecule has 11 heteroatoms. The molecule has 0 bridgehead atoms. The smallest absolute Gasteiger partial charge is 0.290 e. The number of nitrogens with zero attached hydrogens (tertiary/aromatic N) is 3. The third kappa shape index (κ3) is 9.90. The van der Waals surface area contributed by atoms with Crippen molar-refractivity contribution in [2.75, 3.05) is 20.2 Å². The predicted octanol–water partition coefficient (Wildman–Crippen LogP) is 4.51. The monoisotopic (exact) mass is 613 g/mol. The third-order valence-electron chi connectivity index (χ3n) is 8.42. The summed E-state index contributed by atoms with van der Waals surface area (Å²) in [6.45, 7) is 12.2. The number of primary amides is 1. The van der Waals surface area contributed by atoms with Gasteiger partial charge >= 0.3 is 0 Å². The van der Waals surface area contributed by atoms with Crippen LogP contribution in [-0.4, -0.2) is 76.6 Å². The normalized spacial score (nSPS) is 20.2. The average molecular weight is 614 g/mol. The fraction of sp³-hybridized carbons (Fsp3) is 0.606. The zero-order valence-electron chi connectivity index (χ0n) is 26.8. The van der Waals surface area contributed by atoms with Crippen molar-refractivity contribution >= 4 is 29.3 Å². The van der Waals surface area contributed by atoms with E-state index in [4.69, 9.17) is 35.1 Å². The zero-order valence-corrected chi connectivity index (χ0v) is 26.8. The van der Waals surface area contributed by atoms with Crippen molar-refractivity contribution in [1.82, 2.24) is 20.2 Å². The summed E-state index contributed by atoms with van der Waals surface area (Å²) in [6, 6.07) is 4.54. The van der Waals surface area contributed by atoms with Crippen LogP contribution in [0.2, 0.25) is 0 Å². The van der Waals surface area contributed by atoms with Crippen molar-refractivity contribution in [1.29, 1.82) is 0 Å². The Kier molecular flexibility index (Phi) is 15.6. The first-order valence-electron chi connectivity index (χ1n) is 15.7. The van der Waals surface area contributed by atoms with E-state index in [1.54, 1.807) is 18.9 Å². The summed E-state index contributed by atoms with van der Waals surface area (Å²) in [6.07, 6.45) is 10.6. The van der Waals surface area contributed by atoms with Crippen LogP contribution in [0.15, 0.2) is 31.4 Å². The molecule has 11 nitrogen and oxygen atoms in total. The second kappa shape index (κ2) is 18.8.